The van der Waals surface area contributed by atoms with Crippen LogP contribution in [0, 0.1) is 0 Å². The number of fused-ring (bicyclic) bond motifs is 1. The number of hydrogen-bond donors (Lipinski definition) is 1. The van der Waals surface area contributed by atoms with Gasteiger partial charge in [-0.3, -0.25) is 4.79 Å². The molecule has 6 nitrogen and oxygen atoms in total. The summed E-state index contributed by atoms with van der Waals surface area (Å²) < 4.78 is 23.4. The van der Waals surface area contributed by atoms with Crippen LogP contribution in [0.15, 0.2) is 53.4 Å². The predicted octanol–water partition coefficient (Wildman–Crippen LogP) is 1.74. The zero-order chi connectivity index (χ0) is 18.2. The summed E-state index contributed by atoms with van der Waals surface area (Å²) in [5.74, 6) is -1.57. The first kappa shape index (κ1) is 17.2. The molecule has 0 spiro atoms. The van der Waals surface area contributed by atoms with Crippen molar-refractivity contribution < 1.29 is 23.1 Å². The standard InChI is InChI=1S/C18H17NO5S/c1-25(23,24)15-8-4-7-13(9-15)17(20)19-11-14-6-3-2-5-12(14)10-16(19)18(21)22/h2-9,16H,10-11H2,1H3,(H,21,22)/t16-/m0/s1. The van der Waals surface area contributed by atoms with Gasteiger partial charge in [0.05, 0.1) is 4.90 Å². The second-order valence-electron chi connectivity index (χ2n) is 6.06. The number of carboxylic acid groups (broad SMARTS) is 1. The zero-order valence-corrected chi connectivity index (χ0v) is 14.4. The van der Waals surface area contributed by atoms with E-state index in [0.29, 0.717) is 0 Å². The van der Waals surface area contributed by atoms with Crippen molar-refractivity contribution in [3.05, 3.63) is 65.2 Å². The fourth-order valence-corrected chi connectivity index (χ4v) is 3.65. The summed E-state index contributed by atoms with van der Waals surface area (Å²) in [6, 6.07) is 12.1. The number of hydrogen-bond acceptors (Lipinski definition) is 4. The molecule has 7 heteroatoms. The highest BCUT2D eigenvalue weighted by Crippen LogP contribution is 2.25. The Morgan fingerprint density at radius 2 is 1.76 bits per heavy atom. The number of nitrogens with zero attached hydrogens (tertiary/aromatic N) is 1. The normalized spacial score (nSPS) is 17.0. The van der Waals surface area contributed by atoms with E-state index in [9.17, 15) is 23.1 Å². The monoisotopic (exact) mass is 359 g/mol. The van der Waals surface area contributed by atoms with Crippen LogP contribution in [0.25, 0.3) is 0 Å². The van der Waals surface area contributed by atoms with Crippen molar-refractivity contribution in [2.24, 2.45) is 0 Å². The Morgan fingerprint density at radius 1 is 1.08 bits per heavy atom. The van der Waals surface area contributed by atoms with Gasteiger partial charge in [-0.05, 0) is 29.3 Å². The molecule has 0 saturated heterocycles. The summed E-state index contributed by atoms with van der Waals surface area (Å²) in [6.07, 6.45) is 1.29. The molecule has 1 N–H and O–H groups in total. The molecule has 0 aromatic heterocycles. The van der Waals surface area contributed by atoms with E-state index in [4.69, 9.17) is 0 Å². The molecule has 0 fully saturated rings. The van der Waals surface area contributed by atoms with Crippen LogP contribution in [0.5, 0.6) is 0 Å². The maximum absolute atomic E-state index is 12.9. The molecule has 1 atom stereocenters. The number of aliphatic carboxylic acids is 1. The predicted molar refractivity (Wildman–Crippen MR) is 91.0 cm³/mol. The van der Waals surface area contributed by atoms with Crippen LogP contribution in [-0.2, 0) is 27.6 Å². The molecule has 1 aliphatic heterocycles. The van der Waals surface area contributed by atoms with Crippen molar-refractivity contribution in [3.63, 3.8) is 0 Å². The van der Waals surface area contributed by atoms with Crippen LogP contribution in [0.3, 0.4) is 0 Å². The van der Waals surface area contributed by atoms with E-state index >= 15 is 0 Å². The number of amides is 1. The Bertz CT molecular complexity index is 951. The summed E-state index contributed by atoms with van der Waals surface area (Å²) in [4.78, 5) is 25.8. The van der Waals surface area contributed by atoms with E-state index in [1.54, 1.807) is 0 Å². The summed E-state index contributed by atoms with van der Waals surface area (Å²) in [6.45, 7) is 0.176. The summed E-state index contributed by atoms with van der Waals surface area (Å²) in [5.41, 5.74) is 1.96. The molecule has 2 aromatic rings. The third-order valence-corrected chi connectivity index (χ3v) is 5.41. The average molecular weight is 359 g/mol. The lowest BCUT2D eigenvalue weighted by atomic mass is 9.93. The molecule has 0 radical (unpaired) electrons. The number of carboxylic acids is 1. The van der Waals surface area contributed by atoms with Gasteiger partial charge < -0.3 is 10.0 Å². The van der Waals surface area contributed by atoms with Crippen LogP contribution < -0.4 is 0 Å². The Balaban J connectivity index is 1.99. The minimum Gasteiger partial charge on any atom is -0.480 e. The van der Waals surface area contributed by atoms with Crippen LogP contribution >= 0.6 is 0 Å². The number of sulfone groups is 1. The first-order valence-corrected chi connectivity index (χ1v) is 9.57. The number of carbonyl (C=O) groups is 2. The van der Waals surface area contributed by atoms with E-state index in [2.05, 4.69) is 0 Å². The Morgan fingerprint density at radius 3 is 2.40 bits per heavy atom. The molecule has 130 valence electrons. The highest BCUT2D eigenvalue weighted by atomic mass is 32.2. The van der Waals surface area contributed by atoms with Crippen LogP contribution in [-0.4, -0.2) is 42.6 Å². The van der Waals surface area contributed by atoms with Gasteiger partial charge in [-0.2, -0.15) is 0 Å². The molecule has 1 heterocycles. The lowest BCUT2D eigenvalue weighted by Crippen LogP contribution is -2.48. The third-order valence-electron chi connectivity index (χ3n) is 4.30. The SMILES string of the molecule is CS(=O)(=O)c1cccc(C(=O)N2Cc3ccccc3C[C@H]2C(=O)O)c1. The van der Waals surface area contributed by atoms with Gasteiger partial charge in [-0.25, -0.2) is 13.2 Å². The summed E-state index contributed by atoms with van der Waals surface area (Å²) >= 11 is 0. The van der Waals surface area contributed by atoms with Gasteiger partial charge in [0.25, 0.3) is 5.91 Å². The highest BCUT2D eigenvalue weighted by Gasteiger charge is 2.35. The number of benzene rings is 2. The fraction of sp³-hybridized carbons (Fsp3) is 0.222. The zero-order valence-electron chi connectivity index (χ0n) is 13.5. The van der Waals surface area contributed by atoms with Crippen molar-refractivity contribution in [2.75, 3.05) is 6.26 Å². The maximum Gasteiger partial charge on any atom is 0.326 e. The van der Waals surface area contributed by atoms with Gasteiger partial charge in [-0.1, -0.05) is 30.3 Å². The van der Waals surface area contributed by atoms with Crippen molar-refractivity contribution in [1.29, 1.82) is 0 Å². The van der Waals surface area contributed by atoms with Crippen LogP contribution in [0.4, 0.5) is 0 Å². The Hall–Kier alpha value is -2.67. The molecule has 1 amide bonds. The molecular weight excluding hydrogens is 342 g/mol. The maximum atomic E-state index is 12.9. The van der Waals surface area contributed by atoms with Crippen molar-refractivity contribution in [3.8, 4) is 0 Å². The average Bonchev–Trinajstić information content (AvgIpc) is 2.59. The first-order valence-electron chi connectivity index (χ1n) is 7.68. The van der Waals surface area contributed by atoms with Gasteiger partial charge in [0.15, 0.2) is 9.84 Å². The first-order chi connectivity index (χ1) is 11.8. The molecule has 1 aliphatic rings. The Labute approximate surface area is 145 Å². The van der Waals surface area contributed by atoms with Gasteiger partial charge in [-0.15, -0.1) is 0 Å². The second kappa shape index (κ2) is 6.33. The van der Waals surface area contributed by atoms with E-state index in [0.717, 1.165) is 17.4 Å². The molecule has 0 aliphatic carbocycles. The van der Waals surface area contributed by atoms with Crippen molar-refractivity contribution in [1.82, 2.24) is 4.90 Å². The van der Waals surface area contributed by atoms with Crippen LogP contribution in [0.2, 0.25) is 0 Å². The highest BCUT2D eigenvalue weighted by molar-refractivity contribution is 7.90. The van der Waals surface area contributed by atoms with Gasteiger partial charge >= 0.3 is 5.97 Å². The van der Waals surface area contributed by atoms with Crippen molar-refractivity contribution in [2.45, 2.75) is 23.9 Å². The quantitative estimate of drug-likeness (QED) is 0.901. The minimum atomic E-state index is -3.46. The third kappa shape index (κ3) is 3.41. The fourth-order valence-electron chi connectivity index (χ4n) is 2.98. The smallest absolute Gasteiger partial charge is 0.326 e. The summed E-state index contributed by atoms with van der Waals surface area (Å²) in [5, 5.41) is 9.52. The lowest BCUT2D eigenvalue weighted by molar-refractivity contribution is -0.142. The van der Waals surface area contributed by atoms with Crippen LogP contribution in [0.1, 0.15) is 21.5 Å². The molecular formula is C18H17NO5S. The topological polar surface area (TPSA) is 91.8 Å². The molecule has 2 aromatic carbocycles. The molecule has 0 saturated carbocycles. The van der Waals surface area contributed by atoms with Gasteiger partial charge in [0.1, 0.15) is 6.04 Å². The van der Waals surface area contributed by atoms with E-state index in [1.807, 2.05) is 24.3 Å². The Kier molecular flexibility index (Phi) is 4.34. The van der Waals surface area contributed by atoms with Gasteiger partial charge in [0.2, 0.25) is 0 Å². The van der Waals surface area contributed by atoms with E-state index in [-0.39, 0.29) is 23.4 Å². The van der Waals surface area contributed by atoms with E-state index in [1.165, 1.54) is 29.2 Å². The minimum absolute atomic E-state index is 0.0302. The largest absolute Gasteiger partial charge is 0.480 e. The van der Waals surface area contributed by atoms with Crippen molar-refractivity contribution >= 4 is 21.7 Å². The molecule has 0 unspecified atom stereocenters. The molecule has 0 bridgehead atoms. The summed E-state index contributed by atoms with van der Waals surface area (Å²) in [7, 11) is -3.46. The second-order valence-corrected chi connectivity index (χ2v) is 8.08. The number of rotatable bonds is 3. The lowest BCUT2D eigenvalue weighted by Gasteiger charge is -2.34. The molecule has 25 heavy (non-hydrogen) atoms. The number of carbonyl (C=O) groups excluding carboxylic acids is 1. The molecule has 3 rings (SSSR count). The van der Waals surface area contributed by atoms with E-state index < -0.39 is 27.8 Å². The van der Waals surface area contributed by atoms with Gasteiger partial charge in [0, 0.05) is 24.8 Å².